The lowest BCUT2D eigenvalue weighted by atomic mass is 10.1. The van der Waals surface area contributed by atoms with E-state index in [1.807, 2.05) is 0 Å². The third-order valence-electron chi connectivity index (χ3n) is 1.95. The van der Waals surface area contributed by atoms with E-state index in [0.29, 0.717) is 11.3 Å². The Bertz CT molecular complexity index is 410. The van der Waals surface area contributed by atoms with E-state index in [1.54, 1.807) is 0 Å². The number of nitrogens with one attached hydrogen (secondary N) is 1. The van der Waals surface area contributed by atoms with Gasteiger partial charge in [0.05, 0.1) is 6.07 Å². The number of carbonyl (C=O) groups is 1. The predicted octanol–water partition coefficient (Wildman–Crippen LogP) is 0.0951. The number of hydrogen-bond donors (Lipinski definition) is 4. The maximum Gasteiger partial charge on any atom is 0.316 e. The zero-order chi connectivity index (χ0) is 12.1. The van der Waals surface area contributed by atoms with Gasteiger partial charge in [0.1, 0.15) is 6.10 Å². The van der Waals surface area contributed by atoms with Crippen LogP contribution >= 0.6 is 0 Å². The van der Waals surface area contributed by atoms with Crippen LogP contribution in [0.15, 0.2) is 24.3 Å². The molecule has 2 amide bonds. The Balaban J connectivity index is 2.79. The average molecular weight is 221 g/mol. The van der Waals surface area contributed by atoms with Crippen LogP contribution in [0.25, 0.3) is 0 Å². The highest BCUT2D eigenvalue weighted by Gasteiger charge is 2.17. The van der Waals surface area contributed by atoms with Gasteiger partial charge < -0.3 is 21.3 Å². The second-order valence-electron chi connectivity index (χ2n) is 3.13. The van der Waals surface area contributed by atoms with Gasteiger partial charge in [0.25, 0.3) is 0 Å². The first-order chi connectivity index (χ1) is 7.54. The molecule has 0 fully saturated rings. The number of nitriles is 1. The van der Waals surface area contributed by atoms with Gasteiger partial charge in [-0.1, -0.05) is 12.1 Å². The van der Waals surface area contributed by atoms with Crippen LogP contribution < -0.4 is 11.1 Å². The van der Waals surface area contributed by atoms with E-state index in [4.69, 9.17) is 16.1 Å². The van der Waals surface area contributed by atoms with Crippen LogP contribution in [0.3, 0.4) is 0 Å². The molecule has 0 spiro atoms. The second kappa shape index (κ2) is 5.11. The minimum absolute atomic E-state index is 0.379. The number of amides is 2. The molecule has 0 aliphatic carbocycles. The molecule has 0 aliphatic rings. The molecular formula is C10H11N3O3. The minimum atomic E-state index is -1.48. The van der Waals surface area contributed by atoms with E-state index < -0.39 is 18.2 Å². The van der Waals surface area contributed by atoms with Gasteiger partial charge in [-0.05, 0) is 17.7 Å². The SMILES string of the molecule is N#CC(O)C(O)c1ccc(NC(N)=O)cc1. The van der Waals surface area contributed by atoms with Gasteiger partial charge >= 0.3 is 6.03 Å². The van der Waals surface area contributed by atoms with Gasteiger partial charge in [-0.3, -0.25) is 0 Å². The lowest BCUT2D eigenvalue weighted by molar-refractivity contribution is 0.0528. The summed E-state index contributed by atoms with van der Waals surface area (Å²) in [5.74, 6) is 0. The van der Waals surface area contributed by atoms with Crippen molar-refractivity contribution in [2.45, 2.75) is 12.2 Å². The molecule has 2 unspecified atom stereocenters. The summed E-state index contributed by atoms with van der Waals surface area (Å²) in [6.07, 6.45) is -2.75. The van der Waals surface area contributed by atoms with Crippen molar-refractivity contribution in [2.24, 2.45) is 5.73 Å². The molecule has 16 heavy (non-hydrogen) atoms. The summed E-state index contributed by atoms with van der Waals surface area (Å²) < 4.78 is 0. The van der Waals surface area contributed by atoms with Crippen LogP contribution in [-0.2, 0) is 0 Å². The molecular weight excluding hydrogens is 210 g/mol. The molecule has 0 saturated heterocycles. The maximum atomic E-state index is 10.5. The van der Waals surface area contributed by atoms with E-state index >= 15 is 0 Å². The molecule has 0 aliphatic heterocycles. The van der Waals surface area contributed by atoms with Gasteiger partial charge in [-0.2, -0.15) is 5.26 Å². The molecule has 0 aromatic heterocycles. The smallest absolute Gasteiger partial charge is 0.316 e. The van der Waals surface area contributed by atoms with Crippen LogP contribution in [0.4, 0.5) is 10.5 Å². The van der Waals surface area contributed by atoms with Gasteiger partial charge in [-0.25, -0.2) is 4.79 Å². The predicted molar refractivity (Wildman–Crippen MR) is 56.2 cm³/mol. The topological polar surface area (TPSA) is 119 Å². The summed E-state index contributed by atoms with van der Waals surface area (Å²) in [5, 5.41) is 29.3. The molecule has 0 saturated carbocycles. The third-order valence-corrected chi connectivity index (χ3v) is 1.95. The Morgan fingerprint density at radius 1 is 1.38 bits per heavy atom. The summed E-state index contributed by atoms with van der Waals surface area (Å²) in [7, 11) is 0. The Hall–Kier alpha value is -2.10. The summed E-state index contributed by atoms with van der Waals surface area (Å²) in [6, 6.07) is 6.82. The van der Waals surface area contributed by atoms with Crippen molar-refractivity contribution in [3.63, 3.8) is 0 Å². The molecule has 6 heteroatoms. The molecule has 1 aromatic rings. The molecule has 1 aromatic carbocycles. The number of hydrogen-bond acceptors (Lipinski definition) is 4. The zero-order valence-corrected chi connectivity index (χ0v) is 8.29. The Labute approximate surface area is 91.9 Å². The monoisotopic (exact) mass is 221 g/mol. The van der Waals surface area contributed by atoms with E-state index in [9.17, 15) is 9.90 Å². The largest absolute Gasteiger partial charge is 0.385 e. The first-order valence-electron chi connectivity index (χ1n) is 4.46. The van der Waals surface area contributed by atoms with E-state index in [-0.39, 0.29) is 0 Å². The second-order valence-corrected chi connectivity index (χ2v) is 3.13. The fourth-order valence-corrected chi connectivity index (χ4v) is 1.16. The molecule has 2 atom stereocenters. The number of rotatable bonds is 3. The lowest BCUT2D eigenvalue weighted by Crippen LogP contribution is -2.19. The number of nitrogens with two attached hydrogens (primary N) is 1. The highest BCUT2D eigenvalue weighted by atomic mass is 16.3. The molecule has 0 heterocycles. The van der Waals surface area contributed by atoms with E-state index in [0.717, 1.165) is 0 Å². The van der Waals surface area contributed by atoms with Gasteiger partial charge in [0, 0.05) is 5.69 Å². The number of urea groups is 1. The molecule has 1 rings (SSSR count). The normalized spacial score (nSPS) is 13.6. The number of aliphatic hydroxyl groups excluding tert-OH is 2. The van der Waals surface area contributed by atoms with Crippen molar-refractivity contribution in [1.29, 1.82) is 5.26 Å². The van der Waals surface area contributed by atoms with E-state index in [1.165, 1.54) is 30.3 Å². The lowest BCUT2D eigenvalue weighted by Gasteiger charge is -2.12. The average Bonchev–Trinajstić information content (AvgIpc) is 2.27. The van der Waals surface area contributed by atoms with Crippen molar-refractivity contribution >= 4 is 11.7 Å². The summed E-state index contributed by atoms with van der Waals surface area (Å²) in [4.78, 5) is 10.5. The molecule has 5 N–H and O–H groups in total. The number of benzene rings is 1. The summed E-state index contributed by atoms with van der Waals surface area (Å²) >= 11 is 0. The van der Waals surface area contributed by atoms with Gasteiger partial charge in [0.15, 0.2) is 6.10 Å². The highest BCUT2D eigenvalue weighted by Crippen LogP contribution is 2.18. The van der Waals surface area contributed by atoms with Crippen molar-refractivity contribution in [1.82, 2.24) is 0 Å². The summed E-state index contributed by atoms with van der Waals surface area (Å²) in [6.45, 7) is 0. The van der Waals surface area contributed by atoms with Crippen molar-refractivity contribution in [3.8, 4) is 6.07 Å². The minimum Gasteiger partial charge on any atom is -0.385 e. The molecule has 84 valence electrons. The van der Waals surface area contributed by atoms with Gasteiger partial charge in [0.2, 0.25) is 0 Å². The van der Waals surface area contributed by atoms with Crippen LogP contribution in [0, 0.1) is 11.3 Å². The fraction of sp³-hybridized carbons (Fsp3) is 0.200. The van der Waals surface area contributed by atoms with Crippen LogP contribution in [-0.4, -0.2) is 22.3 Å². The van der Waals surface area contributed by atoms with Crippen LogP contribution in [0.2, 0.25) is 0 Å². The highest BCUT2D eigenvalue weighted by molar-refractivity contribution is 5.87. The first kappa shape index (κ1) is 12.0. The Kier molecular flexibility index (Phi) is 3.83. The summed E-state index contributed by atoms with van der Waals surface area (Å²) in [5.41, 5.74) is 5.76. The van der Waals surface area contributed by atoms with E-state index in [2.05, 4.69) is 5.32 Å². The van der Waals surface area contributed by atoms with Crippen molar-refractivity contribution in [3.05, 3.63) is 29.8 Å². The quantitative estimate of drug-likeness (QED) is 0.541. The van der Waals surface area contributed by atoms with Crippen molar-refractivity contribution < 1.29 is 15.0 Å². The number of aliphatic hydroxyl groups is 2. The number of anilines is 1. The fourth-order valence-electron chi connectivity index (χ4n) is 1.16. The van der Waals surface area contributed by atoms with Gasteiger partial charge in [-0.15, -0.1) is 0 Å². The van der Waals surface area contributed by atoms with Crippen LogP contribution in [0.5, 0.6) is 0 Å². The molecule has 0 bridgehead atoms. The van der Waals surface area contributed by atoms with Crippen molar-refractivity contribution in [2.75, 3.05) is 5.32 Å². The zero-order valence-electron chi connectivity index (χ0n) is 8.29. The molecule has 0 radical (unpaired) electrons. The Morgan fingerprint density at radius 2 is 1.94 bits per heavy atom. The molecule has 6 nitrogen and oxygen atoms in total. The third kappa shape index (κ3) is 2.95. The van der Waals surface area contributed by atoms with Crippen LogP contribution in [0.1, 0.15) is 11.7 Å². The number of carbonyl (C=O) groups excluding carboxylic acids is 1. The standard InChI is InChI=1S/C10H11N3O3/c11-5-8(14)9(15)6-1-3-7(4-2-6)13-10(12)16/h1-4,8-9,14-15H,(H3,12,13,16). The number of nitrogens with zero attached hydrogens (tertiary/aromatic N) is 1. The Morgan fingerprint density at radius 3 is 2.38 bits per heavy atom. The maximum absolute atomic E-state index is 10.5. The number of primary amides is 1. The first-order valence-corrected chi connectivity index (χ1v) is 4.46.